The maximum atomic E-state index is 12.9. The van der Waals surface area contributed by atoms with Crippen molar-refractivity contribution < 1.29 is 4.39 Å². The van der Waals surface area contributed by atoms with Crippen LogP contribution in [0.2, 0.25) is 0 Å². The maximum absolute atomic E-state index is 12.9. The third kappa shape index (κ3) is 2.16. The molecule has 0 bridgehead atoms. The summed E-state index contributed by atoms with van der Waals surface area (Å²) in [6.07, 6.45) is 1.13. The number of rotatable bonds is 3. The van der Waals surface area contributed by atoms with Crippen molar-refractivity contribution in [2.45, 2.75) is 18.4 Å². The van der Waals surface area contributed by atoms with Crippen LogP contribution in [0.3, 0.4) is 0 Å². The molecule has 2 aromatic carbocycles. The van der Waals surface area contributed by atoms with Crippen LogP contribution in [0.4, 0.5) is 4.39 Å². The van der Waals surface area contributed by atoms with Crippen LogP contribution in [0.15, 0.2) is 54.6 Å². The quantitative estimate of drug-likeness (QED) is 0.872. The molecule has 2 heteroatoms. The summed E-state index contributed by atoms with van der Waals surface area (Å²) in [6.45, 7) is 0. The molecular formula is C16H16FN. The Morgan fingerprint density at radius 2 is 1.67 bits per heavy atom. The number of nitrogens with two attached hydrogens (primary N) is 1. The lowest BCUT2D eigenvalue weighted by atomic mass is 10.00. The molecule has 1 saturated carbocycles. The van der Waals surface area contributed by atoms with Crippen molar-refractivity contribution in [3.8, 4) is 0 Å². The average molecular weight is 241 g/mol. The normalized spacial score (nSPS) is 23.7. The molecule has 1 fully saturated rings. The van der Waals surface area contributed by atoms with Gasteiger partial charge in [0.15, 0.2) is 0 Å². The van der Waals surface area contributed by atoms with Crippen LogP contribution in [0, 0.1) is 11.7 Å². The van der Waals surface area contributed by atoms with Gasteiger partial charge >= 0.3 is 0 Å². The zero-order valence-electron chi connectivity index (χ0n) is 10.1. The van der Waals surface area contributed by atoms with Gasteiger partial charge in [0.25, 0.3) is 0 Å². The van der Waals surface area contributed by atoms with Gasteiger partial charge in [0, 0.05) is 6.04 Å². The summed E-state index contributed by atoms with van der Waals surface area (Å²) in [7, 11) is 0. The molecule has 0 amide bonds. The van der Waals surface area contributed by atoms with Gasteiger partial charge in [0.05, 0.1) is 0 Å². The minimum atomic E-state index is -0.207. The monoisotopic (exact) mass is 241 g/mol. The average Bonchev–Trinajstić information content (AvgIpc) is 3.20. The second kappa shape index (κ2) is 4.54. The van der Waals surface area contributed by atoms with Gasteiger partial charge in [0.2, 0.25) is 0 Å². The van der Waals surface area contributed by atoms with Crippen molar-refractivity contribution in [3.05, 3.63) is 71.5 Å². The van der Waals surface area contributed by atoms with Crippen molar-refractivity contribution in [2.24, 2.45) is 11.7 Å². The Bertz CT molecular complexity index is 521. The first-order valence-electron chi connectivity index (χ1n) is 6.31. The van der Waals surface area contributed by atoms with E-state index in [9.17, 15) is 4.39 Å². The zero-order chi connectivity index (χ0) is 12.5. The summed E-state index contributed by atoms with van der Waals surface area (Å²) in [4.78, 5) is 0. The molecule has 0 aliphatic heterocycles. The van der Waals surface area contributed by atoms with Crippen molar-refractivity contribution in [1.82, 2.24) is 0 Å². The molecule has 0 heterocycles. The highest BCUT2D eigenvalue weighted by atomic mass is 19.1. The molecule has 0 saturated heterocycles. The Morgan fingerprint density at radius 3 is 2.33 bits per heavy atom. The van der Waals surface area contributed by atoms with E-state index in [0.29, 0.717) is 11.8 Å². The molecule has 1 aliphatic rings. The van der Waals surface area contributed by atoms with Gasteiger partial charge in [-0.3, -0.25) is 0 Å². The minimum absolute atomic E-state index is 0.0100. The third-order valence-corrected chi connectivity index (χ3v) is 3.78. The topological polar surface area (TPSA) is 26.0 Å². The van der Waals surface area contributed by atoms with Crippen LogP contribution in [0.25, 0.3) is 0 Å². The number of halogens is 1. The van der Waals surface area contributed by atoms with Crippen LogP contribution < -0.4 is 5.73 Å². The van der Waals surface area contributed by atoms with E-state index in [1.165, 1.54) is 17.7 Å². The summed E-state index contributed by atoms with van der Waals surface area (Å²) >= 11 is 0. The molecule has 2 aromatic rings. The van der Waals surface area contributed by atoms with E-state index >= 15 is 0 Å². The maximum Gasteiger partial charge on any atom is 0.123 e. The van der Waals surface area contributed by atoms with Gasteiger partial charge in [0.1, 0.15) is 5.82 Å². The van der Waals surface area contributed by atoms with Crippen molar-refractivity contribution in [2.75, 3.05) is 0 Å². The van der Waals surface area contributed by atoms with E-state index in [4.69, 9.17) is 5.73 Å². The van der Waals surface area contributed by atoms with Crippen LogP contribution in [0.5, 0.6) is 0 Å². The highest BCUT2D eigenvalue weighted by molar-refractivity contribution is 5.30. The van der Waals surface area contributed by atoms with Crippen LogP contribution in [-0.2, 0) is 0 Å². The van der Waals surface area contributed by atoms with Crippen molar-refractivity contribution >= 4 is 0 Å². The minimum Gasteiger partial charge on any atom is -0.324 e. The number of hydrogen-bond acceptors (Lipinski definition) is 1. The van der Waals surface area contributed by atoms with E-state index in [2.05, 4.69) is 24.3 Å². The van der Waals surface area contributed by atoms with E-state index in [-0.39, 0.29) is 11.9 Å². The molecule has 3 rings (SSSR count). The molecule has 2 N–H and O–H groups in total. The van der Waals surface area contributed by atoms with Crippen LogP contribution in [-0.4, -0.2) is 0 Å². The predicted octanol–water partition coefficient (Wildman–Crippen LogP) is 3.63. The Morgan fingerprint density at radius 1 is 1.00 bits per heavy atom. The van der Waals surface area contributed by atoms with Crippen molar-refractivity contribution in [1.29, 1.82) is 0 Å². The summed E-state index contributed by atoms with van der Waals surface area (Å²) in [5.41, 5.74) is 8.64. The van der Waals surface area contributed by atoms with Crippen molar-refractivity contribution in [3.63, 3.8) is 0 Å². The smallest absolute Gasteiger partial charge is 0.123 e. The molecule has 0 aromatic heterocycles. The molecule has 0 spiro atoms. The molecular weight excluding hydrogens is 225 g/mol. The van der Waals surface area contributed by atoms with Gasteiger partial charge in [-0.1, -0.05) is 42.5 Å². The molecule has 3 atom stereocenters. The Labute approximate surface area is 106 Å². The SMILES string of the molecule is NC(c1ccc(F)cc1)C1CC1c1ccccc1. The highest BCUT2D eigenvalue weighted by Gasteiger charge is 2.42. The lowest BCUT2D eigenvalue weighted by molar-refractivity contribution is 0.604. The third-order valence-electron chi connectivity index (χ3n) is 3.78. The van der Waals surface area contributed by atoms with Crippen LogP contribution in [0.1, 0.15) is 29.5 Å². The Kier molecular flexibility index (Phi) is 2.88. The summed E-state index contributed by atoms with van der Waals surface area (Å²) in [5, 5.41) is 0. The van der Waals surface area contributed by atoms with Gasteiger partial charge in [-0.2, -0.15) is 0 Å². The summed E-state index contributed by atoms with van der Waals surface area (Å²) in [5.74, 6) is 0.838. The molecule has 92 valence electrons. The fourth-order valence-electron chi connectivity index (χ4n) is 2.63. The lowest BCUT2D eigenvalue weighted by Gasteiger charge is -2.11. The first-order chi connectivity index (χ1) is 8.75. The van der Waals surface area contributed by atoms with E-state index in [0.717, 1.165) is 12.0 Å². The van der Waals surface area contributed by atoms with Gasteiger partial charge in [-0.25, -0.2) is 4.39 Å². The number of benzene rings is 2. The Balaban J connectivity index is 1.73. The molecule has 0 radical (unpaired) electrons. The molecule has 1 nitrogen and oxygen atoms in total. The van der Waals surface area contributed by atoms with E-state index in [1.807, 2.05) is 6.07 Å². The largest absolute Gasteiger partial charge is 0.324 e. The second-order valence-electron chi connectivity index (χ2n) is 4.99. The fraction of sp³-hybridized carbons (Fsp3) is 0.250. The summed E-state index contributed by atoms with van der Waals surface area (Å²) < 4.78 is 12.9. The second-order valence-corrected chi connectivity index (χ2v) is 4.99. The van der Waals surface area contributed by atoms with Gasteiger partial charge < -0.3 is 5.73 Å². The number of hydrogen-bond donors (Lipinski definition) is 1. The highest BCUT2D eigenvalue weighted by Crippen LogP contribution is 2.53. The fourth-order valence-corrected chi connectivity index (χ4v) is 2.63. The first-order valence-corrected chi connectivity index (χ1v) is 6.31. The van der Waals surface area contributed by atoms with Crippen LogP contribution >= 0.6 is 0 Å². The molecule has 3 unspecified atom stereocenters. The standard InChI is InChI=1S/C16H16FN/c17-13-8-6-12(7-9-13)16(18)15-10-14(15)11-4-2-1-3-5-11/h1-9,14-16H,10,18H2. The first kappa shape index (κ1) is 11.4. The lowest BCUT2D eigenvalue weighted by Crippen LogP contribution is -2.13. The van der Waals surface area contributed by atoms with E-state index in [1.54, 1.807) is 12.1 Å². The van der Waals surface area contributed by atoms with Gasteiger partial charge in [-0.15, -0.1) is 0 Å². The molecule has 18 heavy (non-hydrogen) atoms. The Hall–Kier alpha value is -1.67. The summed E-state index contributed by atoms with van der Waals surface area (Å²) in [6, 6.07) is 17.0. The van der Waals surface area contributed by atoms with Gasteiger partial charge in [-0.05, 0) is 41.5 Å². The van der Waals surface area contributed by atoms with E-state index < -0.39 is 0 Å². The predicted molar refractivity (Wildman–Crippen MR) is 70.6 cm³/mol. The zero-order valence-corrected chi connectivity index (χ0v) is 10.1. The molecule has 1 aliphatic carbocycles.